The summed E-state index contributed by atoms with van der Waals surface area (Å²) in [6.45, 7) is 1.81. The number of likely N-dealkylation sites (N-methyl/N-ethyl adjacent to an activating group) is 1. The van der Waals surface area contributed by atoms with Crippen LogP contribution in [0.2, 0.25) is 5.02 Å². The van der Waals surface area contributed by atoms with Crippen LogP contribution in [0.5, 0.6) is 5.75 Å². The molecule has 2 aromatic rings. The van der Waals surface area contributed by atoms with Crippen molar-refractivity contribution in [3.8, 4) is 5.75 Å². The van der Waals surface area contributed by atoms with Gasteiger partial charge in [-0.3, -0.25) is 14.4 Å². The zero-order valence-electron chi connectivity index (χ0n) is 18.1. The van der Waals surface area contributed by atoms with Gasteiger partial charge < -0.3 is 25.4 Å². The highest BCUT2D eigenvalue weighted by atomic mass is 35.5. The Hall–Kier alpha value is -3.59. The molecule has 33 heavy (non-hydrogen) atoms. The molecule has 0 saturated carbocycles. The van der Waals surface area contributed by atoms with E-state index in [2.05, 4.69) is 10.6 Å². The second-order valence-electron chi connectivity index (χ2n) is 7.73. The SMILES string of the molecule is C[C@@H]1COc2ccc(Cl)cc2C(=O)N[C@H](C(=O)O)CC(=O)N[C@@H](c2ccccc2)C(=O)N1C. The smallest absolute Gasteiger partial charge is 0.326 e. The van der Waals surface area contributed by atoms with Crippen LogP contribution in [0.25, 0.3) is 0 Å². The number of hydrogen-bond donors (Lipinski definition) is 3. The van der Waals surface area contributed by atoms with Crippen molar-refractivity contribution in [2.75, 3.05) is 13.7 Å². The van der Waals surface area contributed by atoms with Gasteiger partial charge in [0.15, 0.2) is 0 Å². The normalized spacial score (nSPS) is 22.3. The highest BCUT2D eigenvalue weighted by Gasteiger charge is 2.32. The van der Waals surface area contributed by atoms with Gasteiger partial charge in [-0.15, -0.1) is 0 Å². The summed E-state index contributed by atoms with van der Waals surface area (Å²) >= 11 is 6.01. The molecule has 0 fully saturated rings. The number of carboxylic acids is 1. The van der Waals surface area contributed by atoms with Crippen molar-refractivity contribution in [1.82, 2.24) is 15.5 Å². The molecule has 1 aliphatic heterocycles. The summed E-state index contributed by atoms with van der Waals surface area (Å²) in [4.78, 5) is 52.0. The second kappa shape index (κ2) is 10.4. The highest BCUT2D eigenvalue weighted by Crippen LogP contribution is 2.24. The molecule has 10 heteroatoms. The fourth-order valence-corrected chi connectivity index (χ4v) is 3.50. The number of hydrogen-bond acceptors (Lipinski definition) is 5. The van der Waals surface area contributed by atoms with Crippen LogP contribution in [0.15, 0.2) is 48.5 Å². The van der Waals surface area contributed by atoms with Gasteiger partial charge in [-0.05, 0) is 30.7 Å². The van der Waals surface area contributed by atoms with E-state index in [-0.39, 0.29) is 22.9 Å². The first-order chi connectivity index (χ1) is 15.7. The Morgan fingerprint density at radius 2 is 1.82 bits per heavy atom. The predicted molar refractivity (Wildman–Crippen MR) is 120 cm³/mol. The van der Waals surface area contributed by atoms with Crippen molar-refractivity contribution in [1.29, 1.82) is 0 Å². The van der Waals surface area contributed by atoms with Gasteiger partial charge in [0.25, 0.3) is 5.91 Å². The van der Waals surface area contributed by atoms with Gasteiger partial charge in [0.1, 0.15) is 24.4 Å². The summed E-state index contributed by atoms with van der Waals surface area (Å²) in [5.74, 6) is -3.07. The number of halogens is 1. The Morgan fingerprint density at radius 3 is 2.48 bits per heavy atom. The maximum absolute atomic E-state index is 13.3. The minimum atomic E-state index is -1.53. The standard InChI is InChI=1S/C23H24ClN3O6/c1-13-12-33-18-9-8-15(24)10-16(18)21(29)25-17(23(31)32)11-19(28)26-20(22(30)27(13)2)14-6-4-3-5-7-14/h3-10,13,17,20H,11-12H2,1-2H3,(H,25,29)(H,26,28)(H,31,32)/t13-,17+,20+/m1/s1. The molecular weight excluding hydrogens is 450 g/mol. The molecule has 3 N–H and O–H groups in total. The van der Waals surface area contributed by atoms with Crippen molar-refractivity contribution in [2.24, 2.45) is 0 Å². The zero-order chi connectivity index (χ0) is 24.1. The number of carboxylic acid groups (broad SMARTS) is 1. The third-order valence-electron chi connectivity index (χ3n) is 5.35. The molecular formula is C23H24ClN3O6. The lowest BCUT2D eigenvalue weighted by Gasteiger charge is -2.30. The van der Waals surface area contributed by atoms with Crippen LogP contribution in [0.1, 0.15) is 35.3 Å². The van der Waals surface area contributed by atoms with Crippen molar-refractivity contribution < 1.29 is 29.0 Å². The Bertz CT molecular complexity index is 1060. The lowest BCUT2D eigenvalue weighted by atomic mass is 10.0. The van der Waals surface area contributed by atoms with Crippen LogP contribution in [0.3, 0.4) is 0 Å². The molecule has 2 aromatic carbocycles. The maximum Gasteiger partial charge on any atom is 0.326 e. The van der Waals surface area contributed by atoms with Gasteiger partial charge in [-0.1, -0.05) is 41.9 Å². The van der Waals surface area contributed by atoms with Gasteiger partial charge in [0.2, 0.25) is 11.8 Å². The molecule has 0 aromatic heterocycles. The third-order valence-corrected chi connectivity index (χ3v) is 5.59. The summed E-state index contributed by atoms with van der Waals surface area (Å²) < 4.78 is 5.80. The number of carbonyl (C=O) groups excluding carboxylic acids is 3. The number of carbonyl (C=O) groups is 4. The summed E-state index contributed by atoms with van der Waals surface area (Å²) in [6, 6.07) is 10.0. The lowest BCUT2D eigenvalue weighted by molar-refractivity contribution is -0.142. The molecule has 174 valence electrons. The highest BCUT2D eigenvalue weighted by molar-refractivity contribution is 6.31. The minimum Gasteiger partial charge on any atom is -0.491 e. The van der Waals surface area contributed by atoms with E-state index in [9.17, 15) is 24.3 Å². The van der Waals surface area contributed by atoms with E-state index >= 15 is 0 Å². The zero-order valence-corrected chi connectivity index (χ0v) is 18.8. The van der Waals surface area contributed by atoms with Gasteiger partial charge in [0.05, 0.1) is 18.0 Å². The van der Waals surface area contributed by atoms with Crippen molar-refractivity contribution in [3.05, 3.63) is 64.7 Å². The largest absolute Gasteiger partial charge is 0.491 e. The molecule has 3 atom stereocenters. The Kier molecular flexibility index (Phi) is 7.55. The fraction of sp³-hybridized carbons (Fsp3) is 0.304. The molecule has 3 amide bonds. The Balaban J connectivity index is 2.01. The van der Waals surface area contributed by atoms with E-state index in [1.165, 1.54) is 23.1 Å². The molecule has 0 saturated heterocycles. The molecule has 3 rings (SSSR count). The number of rotatable bonds is 2. The average molecular weight is 474 g/mol. The molecule has 0 aliphatic carbocycles. The van der Waals surface area contributed by atoms with Crippen LogP contribution in [-0.2, 0) is 14.4 Å². The van der Waals surface area contributed by atoms with Crippen LogP contribution >= 0.6 is 11.6 Å². The monoisotopic (exact) mass is 473 g/mol. The van der Waals surface area contributed by atoms with Gasteiger partial charge in [-0.2, -0.15) is 0 Å². The molecule has 9 nitrogen and oxygen atoms in total. The second-order valence-corrected chi connectivity index (χ2v) is 8.17. The summed E-state index contributed by atoms with van der Waals surface area (Å²) in [7, 11) is 1.58. The van der Waals surface area contributed by atoms with E-state index < -0.39 is 48.2 Å². The van der Waals surface area contributed by atoms with Gasteiger partial charge in [0, 0.05) is 12.1 Å². The summed E-state index contributed by atoms with van der Waals surface area (Å²) in [5.41, 5.74) is 0.563. The van der Waals surface area contributed by atoms with E-state index in [1.54, 1.807) is 44.3 Å². The number of ether oxygens (including phenoxy) is 1. The van der Waals surface area contributed by atoms with Crippen molar-refractivity contribution >= 4 is 35.3 Å². The number of amides is 3. The number of aliphatic carboxylic acids is 1. The Labute approximate surface area is 195 Å². The van der Waals surface area contributed by atoms with Gasteiger partial charge in [-0.25, -0.2) is 4.79 Å². The quantitative estimate of drug-likeness (QED) is 0.612. The number of nitrogens with one attached hydrogen (secondary N) is 2. The van der Waals surface area contributed by atoms with Crippen molar-refractivity contribution in [3.63, 3.8) is 0 Å². The molecule has 0 radical (unpaired) electrons. The molecule has 0 spiro atoms. The van der Waals surface area contributed by atoms with E-state index in [4.69, 9.17) is 16.3 Å². The van der Waals surface area contributed by atoms with Crippen LogP contribution in [-0.4, -0.2) is 59.4 Å². The molecule has 1 aliphatic rings. The molecule has 1 heterocycles. The third kappa shape index (κ3) is 5.81. The van der Waals surface area contributed by atoms with E-state index in [0.717, 1.165) is 0 Å². The van der Waals surface area contributed by atoms with Crippen LogP contribution < -0.4 is 15.4 Å². The topological polar surface area (TPSA) is 125 Å². The van der Waals surface area contributed by atoms with Crippen LogP contribution in [0.4, 0.5) is 0 Å². The van der Waals surface area contributed by atoms with Crippen LogP contribution in [0, 0.1) is 0 Å². The molecule has 0 bridgehead atoms. The predicted octanol–water partition coefficient (Wildman–Crippen LogP) is 2.01. The summed E-state index contributed by atoms with van der Waals surface area (Å²) in [6.07, 6.45) is -0.576. The first kappa shape index (κ1) is 24.1. The summed E-state index contributed by atoms with van der Waals surface area (Å²) in [5, 5.41) is 14.8. The molecule has 0 unspecified atom stereocenters. The van der Waals surface area contributed by atoms with E-state index in [1.807, 2.05) is 0 Å². The first-order valence-corrected chi connectivity index (χ1v) is 10.6. The number of fused-ring (bicyclic) bond motifs is 1. The first-order valence-electron chi connectivity index (χ1n) is 10.2. The van der Waals surface area contributed by atoms with Crippen molar-refractivity contribution in [2.45, 2.75) is 31.5 Å². The number of benzene rings is 2. The van der Waals surface area contributed by atoms with Gasteiger partial charge >= 0.3 is 5.97 Å². The maximum atomic E-state index is 13.3. The fourth-order valence-electron chi connectivity index (χ4n) is 3.32. The Morgan fingerprint density at radius 1 is 1.12 bits per heavy atom. The lowest BCUT2D eigenvalue weighted by Crippen LogP contribution is -2.49. The average Bonchev–Trinajstić information content (AvgIpc) is 2.80. The minimum absolute atomic E-state index is 0.0227. The van der Waals surface area contributed by atoms with E-state index in [0.29, 0.717) is 5.56 Å². The number of nitrogens with zero attached hydrogens (tertiary/aromatic N) is 1.